The minimum atomic E-state index is -0.883. The van der Waals surface area contributed by atoms with E-state index in [0.717, 1.165) is 36.6 Å². The van der Waals surface area contributed by atoms with Gasteiger partial charge in [-0.25, -0.2) is 4.79 Å². The summed E-state index contributed by atoms with van der Waals surface area (Å²) < 4.78 is 1.87. The number of fused-ring (bicyclic) bond motifs is 1. The van der Waals surface area contributed by atoms with Crippen LogP contribution >= 0.6 is 0 Å². The first-order valence-corrected chi connectivity index (χ1v) is 6.66. The van der Waals surface area contributed by atoms with Crippen LogP contribution in [-0.4, -0.2) is 27.4 Å². The lowest BCUT2D eigenvalue weighted by Crippen LogP contribution is -2.08. The number of rotatable bonds is 7. The predicted octanol–water partition coefficient (Wildman–Crippen LogP) is 2.89. The fourth-order valence-corrected chi connectivity index (χ4v) is 2.36. The van der Waals surface area contributed by atoms with E-state index in [9.17, 15) is 9.90 Å². The lowest BCUT2D eigenvalue weighted by atomic mass is 10.2. The molecular weight excluding hydrogens is 242 g/mol. The number of unbranched alkanes of at least 4 members (excludes halogenated alkanes) is 3. The van der Waals surface area contributed by atoms with Crippen molar-refractivity contribution in [3.05, 3.63) is 36.0 Å². The maximum atomic E-state index is 11.3. The van der Waals surface area contributed by atoms with Crippen LogP contribution in [0.1, 0.15) is 36.2 Å². The molecule has 102 valence electrons. The zero-order valence-electron chi connectivity index (χ0n) is 10.9. The van der Waals surface area contributed by atoms with Gasteiger partial charge < -0.3 is 14.8 Å². The Bertz CT molecular complexity index is 560. The van der Waals surface area contributed by atoms with E-state index in [0.29, 0.717) is 12.2 Å². The van der Waals surface area contributed by atoms with Gasteiger partial charge in [0.1, 0.15) is 5.69 Å². The number of aromatic nitrogens is 1. The van der Waals surface area contributed by atoms with Gasteiger partial charge in [0.2, 0.25) is 0 Å². The summed E-state index contributed by atoms with van der Waals surface area (Å²) in [6.45, 7) is 0.938. The zero-order chi connectivity index (χ0) is 13.7. The smallest absolute Gasteiger partial charge is 0.352 e. The molecule has 19 heavy (non-hydrogen) atoms. The summed E-state index contributed by atoms with van der Waals surface area (Å²) in [7, 11) is 0. The summed E-state index contributed by atoms with van der Waals surface area (Å²) in [6.07, 6.45) is 3.74. The molecule has 1 aromatic heterocycles. The van der Waals surface area contributed by atoms with Gasteiger partial charge in [0.05, 0.1) is 0 Å². The first-order valence-electron chi connectivity index (χ1n) is 6.66. The molecule has 0 bridgehead atoms. The lowest BCUT2D eigenvalue weighted by molar-refractivity contribution is 0.0685. The summed E-state index contributed by atoms with van der Waals surface area (Å²) >= 11 is 0. The largest absolute Gasteiger partial charge is 0.477 e. The molecule has 4 nitrogen and oxygen atoms in total. The number of aryl methyl sites for hydroxylation is 1. The summed E-state index contributed by atoms with van der Waals surface area (Å²) in [5.41, 5.74) is 1.32. The van der Waals surface area contributed by atoms with E-state index in [-0.39, 0.29) is 6.61 Å². The third-order valence-electron chi connectivity index (χ3n) is 3.32. The second kappa shape index (κ2) is 6.38. The van der Waals surface area contributed by atoms with E-state index in [1.165, 1.54) is 0 Å². The van der Waals surface area contributed by atoms with Crippen LogP contribution in [0.15, 0.2) is 30.3 Å². The van der Waals surface area contributed by atoms with Gasteiger partial charge in [0, 0.05) is 24.1 Å². The SMILES string of the molecule is O=C(O)c1cc2ccccc2n1CCCCCCO. The molecule has 1 aromatic carbocycles. The second-order valence-electron chi connectivity index (χ2n) is 4.68. The van der Waals surface area contributed by atoms with Crippen molar-refractivity contribution in [1.82, 2.24) is 4.57 Å². The highest BCUT2D eigenvalue weighted by atomic mass is 16.4. The van der Waals surface area contributed by atoms with Gasteiger partial charge in [-0.15, -0.1) is 0 Å². The van der Waals surface area contributed by atoms with Gasteiger partial charge in [0.15, 0.2) is 0 Å². The Morgan fingerprint density at radius 3 is 2.58 bits per heavy atom. The van der Waals surface area contributed by atoms with Gasteiger partial charge >= 0.3 is 5.97 Å². The van der Waals surface area contributed by atoms with Crippen LogP contribution in [0.25, 0.3) is 10.9 Å². The van der Waals surface area contributed by atoms with Crippen LogP contribution in [0, 0.1) is 0 Å². The Hall–Kier alpha value is -1.81. The lowest BCUT2D eigenvalue weighted by Gasteiger charge is -2.08. The van der Waals surface area contributed by atoms with E-state index < -0.39 is 5.97 Å². The number of hydrogen-bond acceptors (Lipinski definition) is 2. The molecule has 0 saturated carbocycles. The van der Waals surface area contributed by atoms with Crippen LogP contribution in [-0.2, 0) is 6.54 Å². The van der Waals surface area contributed by atoms with Crippen LogP contribution < -0.4 is 0 Å². The third kappa shape index (κ3) is 3.15. The molecule has 0 atom stereocenters. The molecule has 0 spiro atoms. The van der Waals surface area contributed by atoms with Crippen molar-refractivity contribution in [2.75, 3.05) is 6.61 Å². The second-order valence-corrected chi connectivity index (χ2v) is 4.68. The van der Waals surface area contributed by atoms with E-state index in [2.05, 4.69) is 0 Å². The topological polar surface area (TPSA) is 62.5 Å². The quantitative estimate of drug-likeness (QED) is 0.753. The average Bonchev–Trinajstić information content (AvgIpc) is 2.78. The molecule has 0 aliphatic rings. The maximum absolute atomic E-state index is 11.3. The molecule has 2 rings (SSSR count). The van der Waals surface area contributed by atoms with Crippen molar-refractivity contribution < 1.29 is 15.0 Å². The molecule has 1 heterocycles. The van der Waals surface area contributed by atoms with Crippen molar-refractivity contribution in [2.24, 2.45) is 0 Å². The van der Waals surface area contributed by atoms with Crippen molar-refractivity contribution in [3.8, 4) is 0 Å². The van der Waals surface area contributed by atoms with Crippen molar-refractivity contribution >= 4 is 16.9 Å². The van der Waals surface area contributed by atoms with Gasteiger partial charge in [0.25, 0.3) is 0 Å². The molecule has 0 aliphatic heterocycles. The number of carboxylic acids is 1. The number of aliphatic hydroxyl groups excluding tert-OH is 1. The molecule has 2 aromatic rings. The van der Waals surface area contributed by atoms with Crippen molar-refractivity contribution in [2.45, 2.75) is 32.2 Å². The highest BCUT2D eigenvalue weighted by Crippen LogP contribution is 2.20. The fraction of sp³-hybridized carbons (Fsp3) is 0.400. The molecule has 0 amide bonds. The summed E-state index contributed by atoms with van der Waals surface area (Å²) in [5, 5.41) is 18.9. The number of carboxylic acid groups (broad SMARTS) is 1. The number of hydrogen-bond donors (Lipinski definition) is 2. The number of aliphatic hydroxyl groups is 1. The van der Waals surface area contributed by atoms with Crippen LogP contribution in [0.5, 0.6) is 0 Å². The molecule has 0 saturated heterocycles. The average molecular weight is 261 g/mol. The number of aromatic carboxylic acids is 1. The summed E-state index contributed by atoms with van der Waals surface area (Å²) in [4.78, 5) is 11.3. The van der Waals surface area contributed by atoms with Gasteiger partial charge in [-0.2, -0.15) is 0 Å². The summed E-state index contributed by atoms with van der Waals surface area (Å²) in [6, 6.07) is 9.46. The number of carbonyl (C=O) groups is 1. The highest BCUT2D eigenvalue weighted by Gasteiger charge is 2.13. The first kappa shape index (κ1) is 13.6. The number of benzene rings is 1. The van der Waals surface area contributed by atoms with E-state index in [1.807, 2.05) is 28.8 Å². The van der Waals surface area contributed by atoms with E-state index in [4.69, 9.17) is 5.11 Å². The van der Waals surface area contributed by atoms with Gasteiger partial charge in [-0.3, -0.25) is 0 Å². The normalized spacial score (nSPS) is 11.0. The minimum absolute atomic E-state index is 0.229. The predicted molar refractivity (Wildman–Crippen MR) is 74.5 cm³/mol. The Morgan fingerprint density at radius 1 is 1.11 bits per heavy atom. The monoisotopic (exact) mass is 261 g/mol. The molecule has 0 aliphatic carbocycles. The molecule has 0 unspecified atom stereocenters. The summed E-state index contributed by atoms with van der Waals surface area (Å²) in [5.74, 6) is -0.883. The Labute approximate surface area is 112 Å². The molecule has 4 heteroatoms. The highest BCUT2D eigenvalue weighted by molar-refractivity contribution is 5.94. The van der Waals surface area contributed by atoms with Crippen LogP contribution in [0.3, 0.4) is 0 Å². The van der Waals surface area contributed by atoms with E-state index in [1.54, 1.807) is 6.07 Å². The van der Waals surface area contributed by atoms with Gasteiger partial charge in [-0.1, -0.05) is 31.0 Å². The standard InChI is InChI=1S/C15H19NO3/c17-10-6-2-1-5-9-16-13-8-4-3-7-12(13)11-14(16)15(18)19/h3-4,7-8,11,17H,1-2,5-6,9-10H2,(H,18,19). The van der Waals surface area contributed by atoms with Crippen molar-refractivity contribution in [3.63, 3.8) is 0 Å². The third-order valence-corrected chi connectivity index (χ3v) is 3.32. The van der Waals surface area contributed by atoms with E-state index >= 15 is 0 Å². The zero-order valence-corrected chi connectivity index (χ0v) is 10.9. The number of nitrogens with zero attached hydrogens (tertiary/aromatic N) is 1. The Kier molecular flexibility index (Phi) is 4.58. The Morgan fingerprint density at radius 2 is 1.84 bits per heavy atom. The molecule has 0 radical (unpaired) electrons. The number of para-hydroxylation sites is 1. The van der Waals surface area contributed by atoms with Gasteiger partial charge in [-0.05, 0) is 25.0 Å². The van der Waals surface area contributed by atoms with Crippen molar-refractivity contribution in [1.29, 1.82) is 0 Å². The molecular formula is C15H19NO3. The minimum Gasteiger partial charge on any atom is -0.477 e. The maximum Gasteiger partial charge on any atom is 0.352 e. The van der Waals surface area contributed by atoms with Crippen LogP contribution in [0.4, 0.5) is 0 Å². The molecule has 0 fully saturated rings. The first-order chi connectivity index (χ1) is 9.24. The Balaban J connectivity index is 2.15. The van der Waals surface area contributed by atoms with Crippen LogP contribution in [0.2, 0.25) is 0 Å². The molecule has 2 N–H and O–H groups in total. The fourth-order valence-electron chi connectivity index (χ4n) is 2.36.